The highest BCUT2D eigenvalue weighted by molar-refractivity contribution is 7.17. The number of fused-ring (bicyclic) bond motifs is 1. The van der Waals surface area contributed by atoms with Crippen LogP contribution in [0.25, 0.3) is 10.2 Å². The molecule has 7 nitrogen and oxygen atoms in total. The largest absolute Gasteiger partial charge is 0.308 e. The molecule has 3 heterocycles. The molecule has 1 aliphatic rings. The molecule has 0 aliphatic carbocycles. The van der Waals surface area contributed by atoms with E-state index in [2.05, 4.69) is 15.3 Å². The van der Waals surface area contributed by atoms with Crippen LogP contribution < -0.4 is 10.9 Å². The molecular formula is C12H12N4O3S. The Labute approximate surface area is 117 Å². The minimum Gasteiger partial charge on any atom is -0.308 e. The lowest BCUT2D eigenvalue weighted by molar-refractivity contribution is -0.137. The van der Waals surface area contributed by atoms with E-state index in [0.29, 0.717) is 16.0 Å². The summed E-state index contributed by atoms with van der Waals surface area (Å²) < 4.78 is 0.584. The topological polar surface area (TPSA) is 95.2 Å². The lowest BCUT2D eigenvalue weighted by atomic mass is 10.2. The first-order chi connectivity index (χ1) is 9.56. The Balaban J connectivity index is 1.76. The van der Waals surface area contributed by atoms with Crippen LogP contribution in [-0.4, -0.2) is 39.8 Å². The first kappa shape index (κ1) is 12.9. The summed E-state index contributed by atoms with van der Waals surface area (Å²) in [6.07, 6.45) is 0.139. The van der Waals surface area contributed by atoms with E-state index in [4.69, 9.17) is 0 Å². The van der Waals surface area contributed by atoms with Crippen LogP contribution in [0.1, 0.15) is 12.2 Å². The van der Waals surface area contributed by atoms with Crippen LogP contribution in [0.2, 0.25) is 0 Å². The van der Waals surface area contributed by atoms with Crippen molar-refractivity contribution in [2.75, 3.05) is 7.05 Å². The van der Waals surface area contributed by atoms with Crippen molar-refractivity contribution >= 4 is 33.4 Å². The van der Waals surface area contributed by atoms with Gasteiger partial charge < -0.3 is 4.98 Å². The Morgan fingerprint density at radius 1 is 1.50 bits per heavy atom. The number of aromatic amines is 1. The SMILES string of the molecule is CN1C(=O)CC(NCc2nc3ccsc3c(=O)[nH]2)C1=O. The third-order valence-corrected chi connectivity index (χ3v) is 4.16. The maximum Gasteiger partial charge on any atom is 0.268 e. The van der Waals surface area contributed by atoms with Crippen LogP contribution in [0.3, 0.4) is 0 Å². The summed E-state index contributed by atoms with van der Waals surface area (Å²) >= 11 is 1.33. The Morgan fingerprint density at radius 2 is 2.30 bits per heavy atom. The van der Waals surface area contributed by atoms with Gasteiger partial charge in [0, 0.05) is 7.05 Å². The third kappa shape index (κ3) is 2.12. The van der Waals surface area contributed by atoms with Gasteiger partial charge in [0.15, 0.2) is 0 Å². The van der Waals surface area contributed by atoms with Gasteiger partial charge in [-0.05, 0) is 11.4 Å². The fourth-order valence-corrected chi connectivity index (χ4v) is 2.87. The van der Waals surface area contributed by atoms with E-state index >= 15 is 0 Å². The van der Waals surface area contributed by atoms with Crippen molar-refractivity contribution in [2.45, 2.75) is 19.0 Å². The Hall–Kier alpha value is -2.06. The highest BCUT2D eigenvalue weighted by Crippen LogP contribution is 2.14. The van der Waals surface area contributed by atoms with E-state index < -0.39 is 6.04 Å². The molecule has 0 radical (unpaired) electrons. The van der Waals surface area contributed by atoms with Gasteiger partial charge in [0.05, 0.1) is 24.5 Å². The van der Waals surface area contributed by atoms with Gasteiger partial charge in [0.1, 0.15) is 10.5 Å². The van der Waals surface area contributed by atoms with Gasteiger partial charge in [-0.2, -0.15) is 0 Å². The maximum absolute atomic E-state index is 11.8. The summed E-state index contributed by atoms with van der Waals surface area (Å²) in [4.78, 5) is 43.0. The van der Waals surface area contributed by atoms with Crippen LogP contribution in [0.15, 0.2) is 16.2 Å². The first-order valence-electron chi connectivity index (χ1n) is 6.06. The van der Waals surface area contributed by atoms with E-state index in [1.807, 2.05) is 0 Å². The average molecular weight is 292 g/mol. The van der Waals surface area contributed by atoms with E-state index in [-0.39, 0.29) is 30.3 Å². The summed E-state index contributed by atoms with van der Waals surface area (Å²) in [7, 11) is 1.46. The molecule has 1 fully saturated rings. The van der Waals surface area contributed by atoms with Crippen molar-refractivity contribution in [1.82, 2.24) is 20.2 Å². The number of aromatic nitrogens is 2. The summed E-state index contributed by atoms with van der Waals surface area (Å²) in [5.74, 6) is -0.00750. The molecule has 2 amide bonds. The number of thiophene rings is 1. The molecule has 2 aromatic heterocycles. The predicted molar refractivity (Wildman–Crippen MR) is 73.3 cm³/mol. The molecule has 1 unspecified atom stereocenters. The molecule has 8 heteroatoms. The molecule has 104 valence electrons. The third-order valence-electron chi connectivity index (χ3n) is 3.26. The summed E-state index contributed by atoms with van der Waals surface area (Å²) in [6, 6.07) is 1.23. The fourth-order valence-electron chi connectivity index (χ4n) is 2.14. The van der Waals surface area contributed by atoms with Gasteiger partial charge in [0.2, 0.25) is 11.8 Å². The smallest absolute Gasteiger partial charge is 0.268 e. The number of likely N-dealkylation sites (tertiary alicyclic amines) is 1. The number of hydrogen-bond donors (Lipinski definition) is 2. The molecule has 1 aliphatic heterocycles. The number of amides is 2. The number of rotatable bonds is 3. The van der Waals surface area contributed by atoms with Crippen molar-refractivity contribution in [2.24, 2.45) is 0 Å². The number of carbonyl (C=O) groups is 2. The van der Waals surface area contributed by atoms with Crippen LogP contribution in [0, 0.1) is 0 Å². The number of H-pyrrole nitrogens is 1. The molecular weight excluding hydrogens is 280 g/mol. The zero-order chi connectivity index (χ0) is 14.3. The highest BCUT2D eigenvalue weighted by Gasteiger charge is 2.35. The second kappa shape index (κ2) is 4.80. The zero-order valence-corrected chi connectivity index (χ0v) is 11.5. The zero-order valence-electron chi connectivity index (χ0n) is 10.7. The number of carbonyl (C=O) groups excluding carboxylic acids is 2. The average Bonchev–Trinajstić information content (AvgIpc) is 2.98. The molecule has 20 heavy (non-hydrogen) atoms. The number of imide groups is 1. The number of nitrogens with one attached hydrogen (secondary N) is 2. The van der Waals surface area contributed by atoms with E-state index in [1.165, 1.54) is 18.4 Å². The fraction of sp³-hybridized carbons (Fsp3) is 0.333. The molecule has 2 N–H and O–H groups in total. The van der Waals surface area contributed by atoms with Crippen molar-refractivity contribution in [3.8, 4) is 0 Å². The van der Waals surface area contributed by atoms with Crippen molar-refractivity contribution < 1.29 is 9.59 Å². The van der Waals surface area contributed by atoms with Crippen LogP contribution in [0.5, 0.6) is 0 Å². The Kier molecular flexibility index (Phi) is 3.11. The Morgan fingerprint density at radius 3 is 3.00 bits per heavy atom. The van der Waals surface area contributed by atoms with Gasteiger partial charge in [0.25, 0.3) is 5.56 Å². The molecule has 2 aromatic rings. The molecule has 0 saturated carbocycles. The van der Waals surface area contributed by atoms with E-state index in [1.54, 1.807) is 11.4 Å². The normalized spacial score (nSPS) is 19.2. The first-order valence-corrected chi connectivity index (χ1v) is 6.94. The van der Waals surface area contributed by atoms with Gasteiger partial charge in [-0.15, -0.1) is 11.3 Å². The standard InChI is InChI=1S/C12H12N4O3S/c1-16-9(17)4-7(12(16)19)13-5-8-14-6-2-3-20-10(6)11(18)15-8/h2-3,7,13H,4-5H2,1H3,(H,14,15,18). The predicted octanol–water partition coefficient (Wildman–Crippen LogP) is -0.169. The van der Waals surface area contributed by atoms with Crippen LogP contribution in [-0.2, 0) is 16.1 Å². The van der Waals surface area contributed by atoms with Gasteiger partial charge in [-0.1, -0.05) is 0 Å². The molecule has 1 atom stereocenters. The van der Waals surface area contributed by atoms with Gasteiger partial charge in [-0.3, -0.25) is 24.6 Å². The second-order valence-electron chi connectivity index (χ2n) is 4.58. The molecule has 0 aromatic carbocycles. The molecule has 1 saturated heterocycles. The summed E-state index contributed by atoms with van der Waals surface area (Å²) in [5, 5.41) is 4.76. The Bertz CT molecular complexity index is 750. The minimum atomic E-state index is -0.545. The monoisotopic (exact) mass is 292 g/mol. The number of hydrogen-bond acceptors (Lipinski definition) is 6. The lowest BCUT2D eigenvalue weighted by Crippen LogP contribution is -2.37. The van der Waals surface area contributed by atoms with Crippen molar-refractivity contribution in [3.05, 3.63) is 27.6 Å². The number of nitrogens with zero attached hydrogens (tertiary/aromatic N) is 2. The summed E-state index contributed by atoms with van der Waals surface area (Å²) in [6.45, 7) is 0.235. The van der Waals surface area contributed by atoms with E-state index in [9.17, 15) is 14.4 Å². The number of likely N-dealkylation sites (N-methyl/N-ethyl adjacent to an activating group) is 1. The van der Waals surface area contributed by atoms with Gasteiger partial charge in [-0.25, -0.2) is 4.98 Å². The maximum atomic E-state index is 11.8. The molecule has 0 bridgehead atoms. The van der Waals surface area contributed by atoms with Crippen LogP contribution in [0.4, 0.5) is 0 Å². The molecule has 3 rings (SSSR count). The second-order valence-corrected chi connectivity index (χ2v) is 5.49. The minimum absolute atomic E-state index is 0.139. The van der Waals surface area contributed by atoms with Crippen LogP contribution >= 0.6 is 11.3 Å². The summed E-state index contributed by atoms with van der Waals surface area (Å²) in [5.41, 5.74) is 0.453. The van der Waals surface area contributed by atoms with E-state index in [0.717, 1.165) is 4.90 Å². The van der Waals surface area contributed by atoms with Crippen molar-refractivity contribution in [1.29, 1.82) is 0 Å². The van der Waals surface area contributed by atoms with Crippen molar-refractivity contribution in [3.63, 3.8) is 0 Å². The highest BCUT2D eigenvalue weighted by atomic mass is 32.1. The van der Waals surface area contributed by atoms with Gasteiger partial charge >= 0.3 is 0 Å². The lowest BCUT2D eigenvalue weighted by Gasteiger charge is -2.10. The molecule has 0 spiro atoms. The quantitative estimate of drug-likeness (QED) is 0.766.